The molecule has 0 radical (unpaired) electrons. The van der Waals surface area contributed by atoms with Crippen LogP contribution in [0.1, 0.15) is 11.1 Å². The summed E-state index contributed by atoms with van der Waals surface area (Å²) in [4.78, 5) is 38.3. The van der Waals surface area contributed by atoms with E-state index in [1.807, 2.05) is 0 Å². The highest BCUT2D eigenvalue weighted by molar-refractivity contribution is 9.10. The average Bonchev–Trinajstić information content (AvgIpc) is 2.78. The Morgan fingerprint density at radius 2 is 1.94 bits per heavy atom. The van der Waals surface area contributed by atoms with E-state index in [-0.39, 0.29) is 33.5 Å². The number of ether oxygens (including phenoxy) is 1. The van der Waals surface area contributed by atoms with E-state index in [9.17, 15) is 24.1 Å². The van der Waals surface area contributed by atoms with Crippen LogP contribution in [0.15, 0.2) is 79.8 Å². The summed E-state index contributed by atoms with van der Waals surface area (Å²) in [6.45, 7) is -0.0908. The van der Waals surface area contributed by atoms with E-state index in [0.29, 0.717) is 15.8 Å². The number of aromatic amines is 1. The molecule has 0 bridgehead atoms. The standard InChI is InChI=1S/C22H14BrFN4O5/c23-17-9-14(11-25-27-21(29)16-6-1-2-7-18(16)26-22(27)30)10-19(28(31)32)20(17)33-12-13-4-3-5-15(24)8-13/h1-11H,12H2,(H,26,30). The number of nitrogens with zero attached hydrogens (tertiary/aromatic N) is 3. The molecule has 1 heterocycles. The Balaban J connectivity index is 1.68. The molecule has 11 heteroatoms. The van der Waals surface area contributed by atoms with Crippen LogP contribution in [0.3, 0.4) is 0 Å². The van der Waals surface area contributed by atoms with E-state index in [2.05, 4.69) is 26.0 Å². The van der Waals surface area contributed by atoms with Gasteiger partial charge in [-0.1, -0.05) is 24.3 Å². The number of nitro benzene ring substituents is 1. The molecule has 0 atom stereocenters. The number of aromatic nitrogens is 2. The minimum absolute atomic E-state index is 0.0536. The number of nitro groups is 1. The van der Waals surface area contributed by atoms with Crippen LogP contribution in [0.4, 0.5) is 10.1 Å². The maximum absolute atomic E-state index is 13.4. The van der Waals surface area contributed by atoms with Crippen molar-refractivity contribution < 1.29 is 14.1 Å². The third-order valence-electron chi connectivity index (χ3n) is 4.62. The van der Waals surface area contributed by atoms with Crippen molar-refractivity contribution in [1.29, 1.82) is 0 Å². The molecule has 166 valence electrons. The first-order chi connectivity index (χ1) is 15.8. The number of H-pyrrole nitrogens is 1. The fourth-order valence-corrected chi connectivity index (χ4v) is 3.70. The first-order valence-corrected chi connectivity index (χ1v) is 10.3. The van der Waals surface area contributed by atoms with Crippen molar-refractivity contribution in [3.63, 3.8) is 0 Å². The van der Waals surface area contributed by atoms with E-state index < -0.39 is 22.0 Å². The fourth-order valence-electron chi connectivity index (χ4n) is 3.12. The molecule has 0 aliphatic heterocycles. The molecule has 0 fully saturated rings. The molecule has 0 amide bonds. The van der Waals surface area contributed by atoms with E-state index in [1.165, 1.54) is 30.3 Å². The highest BCUT2D eigenvalue weighted by Gasteiger charge is 2.20. The van der Waals surface area contributed by atoms with Crippen molar-refractivity contribution in [3.05, 3.63) is 113 Å². The molecular weight excluding hydrogens is 499 g/mol. The van der Waals surface area contributed by atoms with Gasteiger partial charge >= 0.3 is 11.4 Å². The van der Waals surface area contributed by atoms with Crippen LogP contribution in [-0.2, 0) is 6.61 Å². The van der Waals surface area contributed by atoms with E-state index in [1.54, 1.807) is 30.3 Å². The van der Waals surface area contributed by atoms with E-state index >= 15 is 0 Å². The number of halogens is 2. The average molecular weight is 513 g/mol. The predicted molar refractivity (Wildman–Crippen MR) is 123 cm³/mol. The van der Waals surface area contributed by atoms with Crippen molar-refractivity contribution in [2.24, 2.45) is 5.10 Å². The van der Waals surface area contributed by atoms with Gasteiger partial charge in [-0.2, -0.15) is 5.10 Å². The Morgan fingerprint density at radius 3 is 2.70 bits per heavy atom. The summed E-state index contributed by atoms with van der Waals surface area (Å²) in [5.41, 5.74) is -0.644. The molecule has 0 aliphatic rings. The zero-order chi connectivity index (χ0) is 23.5. The zero-order valence-electron chi connectivity index (χ0n) is 16.7. The van der Waals surface area contributed by atoms with Crippen molar-refractivity contribution in [2.75, 3.05) is 0 Å². The number of hydrogen-bond acceptors (Lipinski definition) is 6. The van der Waals surface area contributed by atoms with Crippen LogP contribution in [0.2, 0.25) is 0 Å². The minimum atomic E-state index is -0.751. The van der Waals surface area contributed by atoms with Crippen LogP contribution in [0.5, 0.6) is 5.75 Å². The summed E-state index contributed by atoms with van der Waals surface area (Å²) in [7, 11) is 0. The van der Waals surface area contributed by atoms with Crippen LogP contribution in [0, 0.1) is 15.9 Å². The van der Waals surface area contributed by atoms with Gasteiger partial charge in [0.15, 0.2) is 0 Å². The summed E-state index contributed by atoms with van der Waals surface area (Å²) >= 11 is 3.24. The van der Waals surface area contributed by atoms with Gasteiger partial charge in [-0.05, 0) is 51.8 Å². The second kappa shape index (κ2) is 9.17. The quantitative estimate of drug-likeness (QED) is 0.238. The van der Waals surface area contributed by atoms with Crippen molar-refractivity contribution in [3.8, 4) is 5.75 Å². The van der Waals surface area contributed by atoms with Crippen molar-refractivity contribution >= 4 is 38.7 Å². The monoisotopic (exact) mass is 512 g/mol. The minimum Gasteiger partial charge on any atom is -0.481 e. The maximum Gasteiger partial charge on any atom is 0.349 e. The summed E-state index contributed by atoms with van der Waals surface area (Å²) in [6, 6.07) is 14.8. The lowest BCUT2D eigenvalue weighted by molar-refractivity contribution is -0.386. The summed E-state index contributed by atoms with van der Waals surface area (Å²) in [6.07, 6.45) is 1.15. The number of fused-ring (bicyclic) bond motifs is 1. The third-order valence-corrected chi connectivity index (χ3v) is 5.21. The molecule has 1 N–H and O–H groups in total. The van der Waals surface area contributed by atoms with Crippen molar-refractivity contribution in [1.82, 2.24) is 9.66 Å². The second-order valence-electron chi connectivity index (χ2n) is 6.86. The van der Waals surface area contributed by atoms with Gasteiger partial charge in [0.25, 0.3) is 5.56 Å². The van der Waals surface area contributed by atoms with Gasteiger partial charge in [-0.15, -0.1) is 4.68 Å². The summed E-state index contributed by atoms with van der Waals surface area (Å²) in [5.74, 6) is -0.503. The molecule has 9 nitrogen and oxygen atoms in total. The number of benzene rings is 3. The Morgan fingerprint density at radius 1 is 1.15 bits per heavy atom. The largest absolute Gasteiger partial charge is 0.481 e. The van der Waals surface area contributed by atoms with Gasteiger partial charge < -0.3 is 9.72 Å². The third kappa shape index (κ3) is 4.72. The first-order valence-electron chi connectivity index (χ1n) is 9.47. The van der Waals surface area contributed by atoms with E-state index in [4.69, 9.17) is 4.74 Å². The highest BCUT2D eigenvalue weighted by Crippen LogP contribution is 2.36. The smallest absolute Gasteiger partial charge is 0.349 e. The lowest BCUT2D eigenvalue weighted by Crippen LogP contribution is -2.32. The molecule has 1 aromatic heterocycles. The van der Waals surface area contributed by atoms with Gasteiger partial charge in [-0.25, -0.2) is 9.18 Å². The Bertz CT molecular complexity index is 1530. The lowest BCUT2D eigenvalue weighted by Gasteiger charge is -2.10. The number of rotatable bonds is 6. The van der Waals surface area contributed by atoms with Crippen molar-refractivity contribution in [2.45, 2.75) is 6.61 Å². The number of para-hydroxylation sites is 1. The van der Waals surface area contributed by atoms with Gasteiger partial charge in [0.1, 0.15) is 12.4 Å². The molecule has 3 aromatic carbocycles. The van der Waals surface area contributed by atoms with Crippen LogP contribution in [-0.4, -0.2) is 20.8 Å². The molecule has 0 spiro atoms. The fraction of sp³-hybridized carbons (Fsp3) is 0.0455. The van der Waals surface area contributed by atoms with Gasteiger partial charge in [0.05, 0.1) is 26.5 Å². The van der Waals surface area contributed by atoms with E-state index in [0.717, 1.165) is 6.21 Å². The normalized spacial score (nSPS) is 11.2. The molecule has 0 unspecified atom stereocenters. The second-order valence-corrected chi connectivity index (χ2v) is 7.72. The molecule has 4 rings (SSSR count). The molecule has 0 saturated heterocycles. The van der Waals surface area contributed by atoms with Gasteiger partial charge in [-0.3, -0.25) is 14.9 Å². The number of nitrogens with one attached hydrogen (secondary N) is 1. The van der Waals surface area contributed by atoms with Crippen LogP contribution in [0.25, 0.3) is 10.9 Å². The predicted octanol–water partition coefficient (Wildman–Crippen LogP) is 3.96. The molecule has 0 aliphatic carbocycles. The van der Waals surface area contributed by atoms with Gasteiger partial charge in [0.2, 0.25) is 5.75 Å². The summed E-state index contributed by atoms with van der Waals surface area (Å²) in [5, 5.41) is 15.8. The Hall–Kier alpha value is -4.12. The Kier molecular flexibility index (Phi) is 6.13. The SMILES string of the molecule is O=c1[nH]c2ccccc2c(=O)n1N=Cc1cc(Br)c(OCc2cccc(F)c2)c([N+](=O)[O-])c1. The molecular formula is C22H14BrFN4O5. The van der Waals surface area contributed by atoms with Crippen LogP contribution < -0.4 is 16.0 Å². The molecule has 4 aromatic rings. The zero-order valence-corrected chi connectivity index (χ0v) is 18.3. The topological polar surface area (TPSA) is 120 Å². The van der Waals surface area contributed by atoms with Crippen LogP contribution >= 0.6 is 15.9 Å². The first kappa shape index (κ1) is 22.1. The highest BCUT2D eigenvalue weighted by atomic mass is 79.9. The van der Waals surface area contributed by atoms with Gasteiger partial charge in [0, 0.05) is 11.6 Å². The number of hydrogen-bond donors (Lipinski definition) is 1. The Labute approximate surface area is 193 Å². The molecule has 33 heavy (non-hydrogen) atoms. The lowest BCUT2D eigenvalue weighted by atomic mass is 10.2. The maximum atomic E-state index is 13.4. The molecule has 0 saturated carbocycles. The summed E-state index contributed by atoms with van der Waals surface area (Å²) < 4.78 is 19.8.